The van der Waals surface area contributed by atoms with Crippen molar-refractivity contribution in [1.29, 1.82) is 0 Å². The zero-order valence-electron chi connectivity index (χ0n) is 20.0. The molecule has 36 heavy (non-hydrogen) atoms. The average Bonchev–Trinajstić information content (AvgIpc) is 3.60. The minimum atomic E-state index is -0.261. The van der Waals surface area contributed by atoms with Crippen molar-refractivity contribution in [1.82, 2.24) is 29.9 Å². The van der Waals surface area contributed by atoms with Crippen LogP contribution in [-0.2, 0) is 4.79 Å². The van der Waals surface area contributed by atoms with Gasteiger partial charge in [0, 0.05) is 42.9 Å². The van der Waals surface area contributed by atoms with Gasteiger partial charge in [-0.15, -0.1) is 5.10 Å². The largest absolute Gasteiger partial charge is 0.393 e. The molecule has 0 spiro atoms. The Morgan fingerprint density at radius 3 is 2.67 bits per heavy atom. The molecule has 0 bridgehead atoms. The molecule has 1 saturated heterocycles. The number of nitrogens with zero attached hydrogens (tertiary/aromatic N) is 6. The Morgan fingerprint density at radius 1 is 1.06 bits per heavy atom. The molecule has 1 aliphatic heterocycles. The number of thiophene rings is 1. The maximum absolute atomic E-state index is 12.9. The lowest BCUT2D eigenvalue weighted by Crippen LogP contribution is -2.44. The highest BCUT2D eigenvalue weighted by Crippen LogP contribution is 2.30. The molecule has 9 nitrogen and oxygen atoms in total. The van der Waals surface area contributed by atoms with Gasteiger partial charge in [-0.25, -0.2) is 4.98 Å². The van der Waals surface area contributed by atoms with Gasteiger partial charge in [-0.3, -0.25) is 4.79 Å². The van der Waals surface area contributed by atoms with Gasteiger partial charge in [-0.2, -0.15) is 21.0 Å². The number of likely N-dealkylation sites (tertiary alicyclic amines) is 1. The predicted molar refractivity (Wildman–Crippen MR) is 139 cm³/mol. The van der Waals surface area contributed by atoms with Gasteiger partial charge < -0.3 is 15.3 Å². The fraction of sp³-hybridized carbons (Fsp3) is 0.423. The minimum Gasteiger partial charge on any atom is -0.393 e. The molecule has 3 aromatic heterocycles. The number of amides is 1. The number of aliphatic hydroxyl groups is 1. The topological polar surface area (TPSA) is 109 Å². The lowest BCUT2D eigenvalue weighted by molar-refractivity contribution is -0.138. The van der Waals surface area contributed by atoms with E-state index in [9.17, 15) is 9.90 Å². The molecule has 2 fully saturated rings. The van der Waals surface area contributed by atoms with Crippen LogP contribution in [0.3, 0.4) is 0 Å². The lowest BCUT2D eigenvalue weighted by Gasteiger charge is -2.35. The minimum absolute atomic E-state index is 0.0736. The Morgan fingerprint density at radius 2 is 1.89 bits per heavy atom. The van der Waals surface area contributed by atoms with E-state index in [4.69, 9.17) is 4.98 Å². The second-order valence-electron chi connectivity index (χ2n) is 9.67. The van der Waals surface area contributed by atoms with E-state index in [1.807, 2.05) is 23.1 Å². The predicted octanol–water partition coefficient (Wildman–Crippen LogP) is 3.89. The van der Waals surface area contributed by atoms with Crippen molar-refractivity contribution in [3.8, 4) is 16.9 Å². The molecule has 4 aromatic rings. The van der Waals surface area contributed by atoms with Crippen molar-refractivity contribution >= 4 is 34.2 Å². The number of hydrogen-bond acceptors (Lipinski definition) is 8. The Labute approximate surface area is 213 Å². The van der Waals surface area contributed by atoms with Crippen LogP contribution in [0.25, 0.3) is 28.0 Å². The van der Waals surface area contributed by atoms with Gasteiger partial charge in [0.05, 0.1) is 11.6 Å². The van der Waals surface area contributed by atoms with Gasteiger partial charge in [-0.1, -0.05) is 17.3 Å². The monoisotopic (exact) mass is 503 g/mol. The standard InChI is InChI=1S/C26H29N7O2S/c34-20-9-13-32(14-10-20)25(35)17-4-6-19(7-5-17)28-26-27-12-8-23(29-26)33-22-3-1-2-21(24(22)30-31-33)18-11-15-36-16-18/h1-3,8,11-12,15-17,19-20,34H,4-7,9-10,13-14H2,(H,27,28,29)/t17-,19-. The van der Waals surface area contributed by atoms with E-state index in [-0.39, 0.29) is 24.0 Å². The number of aliphatic hydroxyl groups excluding tert-OH is 1. The number of nitrogens with one attached hydrogen (secondary N) is 1. The van der Waals surface area contributed by atoms with Crippen LogP contribution < -0.4 is 5.32 Å². The number of piperidine rings is 1. The van der Waals surface area contributed by atoms with E-state index in [2.05, 4.69) is 43.5 Å². The first-order chi connectivity index (χ1) is 17.7. The van der Waals surface area contributed by atoms with Crippen molar-refractivity contribution < 1.29 is 9.90 Å². The molecule has 6 rings (SSSR count). The van der Waals surface area contributed by atoms with E-state index in [0.717, 1.165) is 47.8 Å². The number of anilines is 1. The molecule has 1 aliphatic carbocycles. The van der Waals surface area contributed by atoms with Crippen LogP contribution >= 0.6 is 11.3 Å². The molecule has 1 amide bonds. The average molecular weight is 504 g/mol. The second kappa shape index (κ2) is 9.94. The van der Waals surface area contributed by atoms with Gasteiger partial charge in [-0.05, 0) is 67.0 Å². The second-order valence-corrected chi connectivity index (χ2v) is 10.5. The van der Waals surface area contributed by atoms with Gasteiger partial charge in [0.2, 0.25) is 11.9 Å². The molecule has 2 aliphatic rings. The van der Waals surface area contributed by atoms with Gasteiger partial charge in [0.25, 0.3) is 0 Å². The molecule has 186 valence electrons. The fourth-order valence-corrected chi connectivity index (χ4v) is 5.97. The summed E-state index contributed by atoms with van der Waals surface area (Å²) in [6.45, 7) is 1.34. The summed E-state index contributed by atoms with van der Waals surface area (Å²) in [6, 6.07) is 10.2. The molecule has 0 unspecified atom stereocenters. The van der Waals surface area contributed by atoms with Crippen LogP contribution in [0.1, 0.15) is 38.5 Å². The number of fused-ring (bicyclic) bond motifs is 1. The summed E-state index contributed by atoms with van der Waals surface area (Å²) in [6.07, 6.45) is 6.36. The van der Waals surface area contributed by atoms with Crippen LogP contribution in [0, 0.1) is 5.92 Å². The molecular formula is C26H29N7O2S. The Hall–Kier alpha value is -3.37. The molecular weight excluding hydrogens is 474 g/mol. The zero-order chi connectivity index (χ0) is 24.5. The summed E-state index contributed by atoms with van der Waals surface area (Å²) in [4.78, 5) is 24.0. The van der Waals surface area contributed by atoms with Crippen molar-refractivity contribution in [2.75, 3.05) is 18.4 Å². The highest BCUT2D eigenvalue weighted by atomic mass is 32.1. The van der Waals surface area contributed by atoms with Crippen molar-refractivity contribution in [2.45, 2.75) is 50.7 Å². The van der Waals surface area contributed by atoms with Gasteiger partial charge in [0.15, 0.2) is 5.82 Å². The normalized spacial score (nSPS) is 21.1. The number of rotatable bonds is 5. The number of carbonyl (C=O) groups is 1. The molecule has 2 N–H and O–H groups in total. The van der Waals surface area contributed by atoms with Crippen LogP contribution in [0.2, 0.25) is 0 Å². The third kappa shape index (κ3) is 4.58. The highest BCUT2D eigenvalue weighted by molar-refractivity contribution is 7.08. The zero-order valence-corrected chi connectivity index (χ0v) is 20.8. The van der Waals surface area contributed by atoms with Crippen LogP contribution in [0.5, 0.6) is 0 Å². The highest BCUT2D eigenvalue weighted by Gasteiger charge is 2.31. The van der Waals surface area contributed by atoms with Gasteiger partial charge in [0.1, 0.15) is 5.52 Å². The van der Waals surface area contributed by atoms with Crippen LogP contribution in [0.4, 0.5) is 5.95 Å². The number of aromatic nitrogens is 5. The van der Waals surface area contributed by atoms with E-state index < -0.39 is 0 Å². The summed E-state index contributed by atoms with van der Waals surface area (Å²) in [5.41, 5.74) is 3.93. The number of hydrogen-bond donors (Lipinski definition) is 2. The number of carbonyl (C=O) groups excluding carboxylic acids is 1. The van der Waals surface area contributed by atoms with E-state index in [1.54, 1.807) is 22.2 Å². The van der Waals surface area contributed by atoms with E-state index in [1.165, 1.54) is 0 Å². The Kier molecular flexibility index (Phi) is 6.37. The molecule has 10 heteroatoms. The quantitative estimate of drug-likeness (QED) is 0.425. The van der Waals surface area contributed by atoms with E-state index in [0.29, 0.717) is 37.7 Å². The third-order valence-electron chi connectivity index (χ3n) is 7.35. The molecule has 0 radical (unpaired) electrons. The summed E-state index contributed by atoms with van der Waals surface area (Å²) in [5, 5.41) is 26.2. The SMILES string of the molecule is O=C([C@H]1CC[C@H](Nc2nccc(-n3nnc4c(-c5ccsc5)cccc43)n2)CC1)N1CCC(O)CC1. The molecule has 0 atom stereocenters. The first-order valence-corrected chi connectivity index (χ1v) is 13.5. The van der Waals surface area contributed by atoms with Crippen molar-refractivity contribution in [2.24, 2.45) is 5.92 Å². The third-order valence-corrected chi connectivity index (χ3v) is 8.04. The molecule has 1 saturated carbocycles. The van der Waals surface area contributed by atoms with Crippen molar-refractivity contribution in [3.63, 3.8) is 0 Å². The Balaban J connectivity index is 1.13. The first kappa shape index (κ1) is 23.1. The molecule has 4 heterocycles. The van der Waals surface area contributed by atoms with Crippen molar-refractivity contribution in [3.05, 3.63) is 47.3 Å². The van der Waals surface area contributed by atoms with Gasteiger partial charge >= 0.3 is 0 Å². The fourth-order valence-electron chi connectivity index (χ4n) is 5.31. The summed E-state index contributed by atoms with van der Waals surface area (Å²) >= 11 is 1.66. The first-order valence-electron chi connectivity index (χ1n) is 12.6. The smallest absolute Gasteiger partial charge is 0.225 e. The maximum atomic E-state index is 12.9. The van der Waals surface area contributed by atoms with Crippen LogP contribution in [-0.4, -0.2) is 66.1 Å². The lowest BCUT2D eigenvalue weighted by atomic mass is 9.85. The number of benzene rings is 1. The van der Waals surface area contributed by atoms with E-state index >= 15 is 0 Å². The Bertz CT molecular complexity index is 1340. The maximum Gasteiger partial charge on any atom is 0.225 e. The van der Waals surface area contributed by atoms with Crippen LogP contribution in [0.15, 0.2) is 47.3 Å². The molecule has 1 aromatic carbocycles. The summed E-state index contributed by atoms with van der Waals surface area (Å²) in [5.74, 6) is 1.54. The summed E-state index contributed by atoms with van der Waals surface area (Å²) < 4.78 is 1.75. The summed E-state index contributed by atoms with van der Waals surface area (Å²) in [7, 11) is 0.